The number of aliphatic hydroxyl groups is 1. The summed E-state index contributed by atoms with van der Waals surface area (Å²) >= 11 is 0. The maximum atomic E-state index is 11.2. The van der Waals surface area contributed by atoms with E-state index in [0.717, 1.165) is 33.2 Å². The summed E-state index contributed by atoms with van der Waals surface area (Å²) in [4.78, 5) is 3.20. The van der Waals surface area contributed by atoms with E-state index in [2.05, 4.69) is 30.1 Å². The van der Waals surface area contributed by atoms with Crippen molar-refractivity contribution in [2.75, 3.05) is 0 Å². The highest BCUT2D eigenvalue weighted by Crippen LogP contribution is 2.35. The van der Waals surface area contributed by atoms with Crippen LogP contribution in [0.1, 0.15) is 29.2 Å². The fourth-order valence-corrected chi connectivity index (χ4v) is 2.92. The van der Waals surface area contributed by atoms with Crippen LogP contribution in [0.25, 0.3) is 10.9 Å². The van der Waals surface area contributed by atoms with Crippen molar-refractivity contribution in [3.63, 3.8) is 0 Å². The molecule has 2 nitrogen and oxygen atoms in total. The molecule has 0 fully saturated rings. The standard InChI is InChI=1S/C18H19NO/c1-12-7-8-13(2)16(11-12)18(3,20)15-5-4-6-17-14(15)9-10-19-17/h4-11,19-20H,1-3H3. The van der Waals surface area contributed by atoms with Gasteiger partial charge in [-0.05, 0) is 49.6 Å². The van der Waals surface area contributed by atoms with E-state index in [1.807, 2.05) is 44.3 Å². The summed E-state index contributed by atoms with van der Waals surface area (Å²) in [6, 6.07) is 14.2. The molecule has 2 heteroatoms. The van der Waals surface area contributed by atoms with E-state index < -0.39 is 5.60 Å². The van der Waals surface area contributed by atoms with Crippen molar-refractivity contribution in [2.45, 2.75) is 26.4 Å². The van der Waals surface area contributed by atoms with Gasteiger partial charge in [0.05, 0.1) is 0 Å². The Morgan fingerprint density at radius 1 is 1.00 bits per heavy atom. The normalized spacial score (nSPS) is 14.4. The molecule has 0 bridgehead atoms. The molecule has 20 heavy (non-hydrogen) atoms. The Hall–Kier alpha value is -2.06. The van der Waals surface area contributed by atoms with Gasteiger partial charge in [0, 0.05) is 17.1 Å². The Morgan fingerprint density at radius 3 is 2.60 bits per heavy atom. The van der Waals surface area contributed by atoms with Crippen LogP contribution < -0.4 is 0 Å². The van der Waals surface area contributed by atoms with Gasteiger partial charge in [-0.2, -0.15) is 0 Å². The van der Waals surface area contributed by atoms with Crippen LogP contribution in [-0.2, 0) is 5.60 Å². The zero-order valence-corrected chi connectivity index (χ0v) is 12.1. The summed E-state index contributed by atoms with van der Waals surface area (Å²) in [7, 11) is 0. The largest absolute Gasteiger partial charge is 0.381 e. The van der Waals surface area contributed by atoms with Crippen molar-refractivity contribution in [1.29, 1.82) is 0 Å². The fraction of sp³-hybridized carbons (Fsp3) is 0.222. The second-order valence-electron chi connectivity index (χ2n) is 5.64. The predicted molar refractivity (Wildman–Crippen MR) is 82.9 cm³/mol. The number of hydrogen-bond donors (Lipinski definition) is 2. The molecule has 0 amide bonds. The first kappa shape index (κ1) is 12.9. The predicted octanol–water partition coefficient (Wildman–Crippen LogP) is 4.04. The number of fused-ring (bicyclic) bond motifs is 1. The lowest BCUT2D eigenvalue weighted by Gasteiger charge is -2.27. The van der Waals surface area contributed by atoms with E-state index in [-0.39, 0.29) is 0 Å². The van der Waals surface area contributed by atoms with Crippen molar-refractivity contribution in [2.24, 2.45) is 0 Å². The molecule has 102 valence electrons. The van der Waals surface area contributed by atoms with Gasteiger partial charge in [0.25, 0.3) is 0 Å². The highest BCUT2D eigenvalue weighted by Gasteiger charge is 2.29. The van der Waals surface area contributed by atoms with Gasteiger partial charge in [-0.1, -0.05) is 35.9 Å². The van der Waals surface area contributed by atoms with E-state index in [9.17, 15) is 5.11 Å². The number of aryl methyl sites for hydroxylation is 2. The third-order valence-corrected chi connectivity index (χ3v) is 4.04. The zero-order valence-electron chi connectivity index (χ0n) is 12.1. The number of hydrogen-bond acceptors (Lipinski definition) is 1. The van der Waals surface area contributed by atoms with Gasteiger partial charge in [0.15, 0.2) is 0 Å². The molecular formula is C18H19NO. The molecule has 0 aliphatic carbocycles. The molecule has 0 radical (unpaired) electrons. The SMILES string of the molecule is Cc1ccc(C)c(C(C)(O)c2cccc3[nH]ccc23)c1. The first-order chi connectivity index (χ1) is 9.50. The van der Waals surface area contributed by atoms with Crippen molar-refractivity contribution >= 4 is 10.9 Å². The smallest absolute Gasteiger partial charge is 0.113 e. The number of rotatable bonds is 2. The van der Waals surface area contributed by atoms with E-state index in [1.165, 1.54) is 0 Å². The van der Waals surface area contributed by atoms with Crippen LogP contribution in [0.4, 0.5) is 0 Å². The van der Waals surface area contributed by atoms with E-state index in [0.29, 0.717) is 0 Å². The van der Waals surface area contributed by atoms with Gasteiger partial charge < -0.3 is 10.1 Å². The Morgan fingerprint density at radius 2 is 1.80 bits per heavy atom. The molecule has 0 saturated heterocycles. The summed E-state index contributed by atoms with van der Waals surface area (Å²) < 4.78 is 0. The molecule has 0 spiro atoms. The molecular weight excluding hydrogens is 246 g/mol. The first-order valence-electron chi connectivity index (χ1n) is 6.87. The molecule has 0 saturated carbocycles. The maximum absolute atomic E-state index is 11.2. The molecule has 2 aromatic carbocycles. The van der Waals surface area contributed by atoms with Crippen LogP contribution in [0.3, 0.4) is 0 Å². The fourth-order valence-electron chi connectivity index (χ4n) is 2.92. The Labute approximate surface area is 119 Å². The number of aromatic amines is 1. The van der Waals surface area contributed by atoms with E-state index in [4.69, 9.17) is 0 Å². The molecule has 0 aliphatic heterocycles. The minimum atomic E-state index is -1.00. The number of nitrogens with one attached hydrogen (secondary N) is 1. The van der Waals surface area contributed by atoms with Crippen LogP contribution in [-0.4, -0.2) is 10.1 Å². The maximum Gasteiger partial charge on any atom is 0.113 e. The molecule has 1 aromatic heterocycles. The highest BCUT2D eigenvalue weighted by atomic mass is 16.3. The summed E-state index contributed by atoms with van der Waals surface area (Å²) in [5.74, 6) is 0. The molecule has 1 atom stereocenters. The third-order valence-electron chi connectivity index (χ3n) is 4.04. The van der Waals surface area contributed by atoms with Crippen LogP contribution in [0.2, 0.25) is 0 Å². The van der Waals surface area contributed by atoms with Crippen LogP contribution in [0.5, 0.6) is 0 Å². The summed E-state index contributed by atoms with van der Waals surface area (Å²) in [5.41, 5.74) is 4.21. The summed E-state index contributed by atoms with van der Waals surface area (Å²) in [6.07, 6.45) is 1.91. The zero-order chi connectivity index (χ0) is 14.3. The minimum Gasteiger partial charge on any atom is -0.381 e. The number of H-pyrrole nitrogens is 1. The third kappa shape index (κ3) is 1.93. The average molecular weight is 265 g/mol. The summed E-state index contributed by atoms with van der Waals surface area (Å²) in [6.45, 7) is 5.97. The van der Waals surface area contributed by atoms with Gasteiger partial charge in [-0.3, -0.25) is 0 Å². The molecule has 3 aromatic rings. The van der Waals surface area contributed by atoms with Crippen molar-refractivity contribution in [3.05, 3.63) is 70.9 Å². The van der Waals surface area contributed by atoms with Crippen molar-refractivity contribution in [1.82, 2.24) is 4.98 Å². The van der Waals surface area contributed by atoms with Crippen LogP contribution in [0.15, 0.2) is 48.7 Å². The van der Waals surface area contributed by atoms with E-state index in [1.54, 1.807) is 0 Å². The van der Waals surface area contributed by atoms with Crippen LogP contribution in [0, 0.1) is 13.8 Å². The Kier molecular flexibility index (Phi) is 2.91. The second-order valence-corrected chi connectivity index (χ2v) is 5.64. The van der Waals surface area contributed by atoms with Crippen molar-refractivity contribution in [3.8, 4) is 0 Å². The number of aromatic nitrogens is 1. The first-order valence-corrected chi connectivity index (χ1v) is 6.87. The Balaban J connectivity index is 2.25. The quantitative estimate of drug-likeness (QED) is 0.720. The summed E-state index contributed by atoms with van der Waals surface area (Å²) in [5, 5.41) is 12.2. The highest BCUT2D eigenvalue weighted by molar-refractivity contribution is 5.84. The lowest BCUT2D eigenvalue weighted by atomic mass is 9.83. The van der Waals surface area contributed by atoms with Gasteiger partial charge in [-0.15, -0.1) is 0 Å². The Bertz CT molecular complexity index is 768. The molecule has 1 unspecified atom stereocenters. The van der Waals surface area contributed by atoms with Gasteiger partial charge in [0.1, 0.15) is 5.60 Å². The minimum absolute atomic E-state index is 0.935. The lowest BCUT2D eigenvalue weighted by Crippen LogP contribution is -2.24. The number of benzene rings is 2. The van der Waals surface area contributed by atoms with Gasteiger partial charge >= 0.3 is 0 Å². The van der Waals surface area contributed by atoms with Gasteiger partial charge in [0.2, 0.25) is 0 Å². The van der Waals surface area contributed by atoms with Crippen molar-refractivity contribution < 1.29 is 5.11 Å². The monoisotopic (exact) mass is 265 g/mol. The average Bonchev–Trinajstić information content (AvgIpc) is 2.89. The van der Waals surface area contributed by atoms with Crippen LogP contribution >= 0.6 is 0 Å². The second kappa shape index (κ2) is 4.50. The molecule has 0 aliphatic rings. The molecule has 2 N–H and O–H groups in total. The van der Waals surface area contributed by atoms with Gasteiger partial charge in [-0.25, -0.2) is 0 Å². The van der Waals surface area contributed by atoms with E-state index >= 15 is 0 Å². The lowest BCUT2D eigenvalue weighted by molar-refractivity contribution is 0.103. The molecule has 1 heterocycles. The molecule has 3 rings (SSSR count). The topological polar surface area (TPSA) is 36.0 Å².